The van der Waals surface area contributed by atoms with Gasteiger partial charge in [0.1, 0.15) is 0 Å². The van der Waals surface area contributed by atoms with Crippen LogP contribution >= 0.6 is 0 Å². The molecule has 2 rings (SSSR count). The number of nitrogens with two attached hydrogens (primary N) is 1. The molecule has 0 bridgehead atoms. The van der Waals surface area contributed by atoms with Gasteiger partial charge < -0.3 is 15.4 Å². The Morgan fingerprint density at radius 3 is 2.16 bits per heavy atom. The third-order valence-corrected chi connectivity index (χ3v) is 4.35. The SMILES string of the molecule is CC(C)(C)C(=O)N1CCC(C(=O)OC(C(N)=O)c2ccccc2)CC1. The minimum atomic E-state index is -1.08. The van der Waals surface area contributed by atoms with Crippen LogP contribution in [0.25, 0.3) is 0 Å². The van der Waals surface area contributed by atoms with Crippen molar-refractivity contribution >= 4 is 17.8 Å². The molecule has 1 fully saturated rings. The molecule has 25 heavy (non-hydrogen) atoms. The second kappa shape index (κ2) is 7.68. The van der Waals surface area contributed by atoms with E-state index in [2.05, 4.69) is 0 Å². The number of rotatable bonds is 4. The van der Waals surface area contributed by atoms with Crippen LogP contribution in [-0.4, -0.2) is 35.8 Å². The predicted molar refractivity (Wildman–Crippen MR) is 93.2 cm³/mol. The molecular weight excluding hydrogens is 320 g/mol. The van der Waals surface area contributed by atoms with Crippen LogP contribution in [0.2, 0.25) is 0 Å². The van der Waals surface area contributed by atoms with Crippen LogP contribution in [0.1, 0.15) is 45.3 Å². The first kappa shape index (κ1) is 19.0. The topological polar surface area (TPSA) is 89.7 Å². The Bertz CT molecular complexity index is 629. The molecule has 0 saturated carbocycles. The third-order valence-electron chi connectivity index (χ3n) is 4.35. The van der Waals surface area contributed by atoms with Crippen molar-refractivity contribution in [2.24, 2.45) is 17.1 Å². The van der Waals surface area contributed by atoms with Crippen molar-refractivity contribution < 1.29 is 19.1 Å². The molecule has 1 aliphatic rings. The lowest BCUT2D eigenvalue weighted by molar-refractivity contribution is -0.162. The minimum Gasteiger partial charge on any atom is -0.447 e. The van der Waals surface area contributed by atoms with Gasteiger partial charge in [0.15, 0.2) is 0 Å². The number of esters is 1. The van der Waals surface area contributed by atoms with Crippen molar-refractivity contribution in [1.29, 1.82) is 0 Å². The summed E-state index contributed by atoms with van der Waals surface area (Å²) in [5, 5.41) is 0. The lowest BCUT2D eigenvalue weighted by Crippen LogP contribution is -2.45. The molecule has 1 aromatic rings. The number of piperidine rings is 1. The number of hydrogen-bond donors (Lipinski definition) is 1. The fourth-order valence-electron chi connectivity index (χ4n) is 2.92. The van der Waals surface area contributed by atoms with Crippen LogP contribution < -0.4 is 5.73 Å². The summed E-state index contributed by atoms with van der Waals surface area (Å²) in [6.45, 7) is 6.68. The molecule has 2 N–H and O–H groups in total. The zero-order valence-electron chi connectivity index (χ0n) is 15.0. The largest absolute Gasteiger partial charge is 0.447 e. The van der Waals surface area contributed by atoms with E-state index in [-0.39, 0.29) is 11.8 Å². The Hall–Kier alpha value is -2.37. The van der Waals surface area contributed by atoms with Gasteiger partial charge in [0.2, 0.25) is 12.0 Å². The van der Waals surface area contributed by atoms with Crippen LogP contribution in [0, 0.1) is 11.3 Å². The molecule has 0 radical (unpaired) electrons. The molecule has 6 heteroatoms. The van der Waals surface area contributed by atoms with Crippen molar-refractivity contribution in [2.75, 3.05) is 13.1 Å². The lowest BCUT2D eigenvalue weighted by atomic mass is 9.91. The van der Waals surface area contributed by atoms with Gasteiger partial charge in [0.25, 0.3) is 5.91 Å². The average molecular weight is 346 g/mol. The first-order chi connectivity index (χ1) is 11.7. The van der Waals surface area contributed by atoms with Crippen LogP contribution in [0.15, 0.2) is 30.3 Å². The predicted octanol–water partition coefficient (Wildman–Crippen LogP) is 2.04. The fourth-order valence-corrected chi connectivity index (χ4v) is 2.92. The summed E-state index contributed by atoms with van der Waals surface area (Å²) in [6.07, 6.45) is -0.0232. The summed E-state index contributed by atoms with van der Waals surface area (Å²) >= 11 is 0. The van der Waals surface area contributed by atoms with Crippen LogP contribution in [-0.2, 0) is 19.1 Å². The molecular formula is C19H26N2O4. The highest BCUT2D eigenvalue weighted by Crippen LogP contribution is 2.26. The molecule has 136 valence electrons. The monoisotopic (exact) mass is 346 g/mol. The second-order valence-corrected chi connectivity index (χ2v) is 7.45. The third kappa shape index (κ3) is 4.81. The Balaban J connectivity index is 1.96. The highest BCUT2D eigenvalue weighted by molar-refractivity contribution is 5.84. The summed E-state index contributed by atoms with van der Waals surface area (Å²) < 4.78 is 5.38. The Kier molecular flexibility index (Phi) is 5.82. The van der Waals surface area contributed by atoms with E-state index < -0.39 is 23.4 Å². The highest BCUT2D eigenvalue weighted by atomic mass is 16.5. The standard InChI is InChI=1S/C19H26N2O4/c1-19(2,3)18(24)21-11-9-14(10-12-21)17(23)25-15(16(20)22)13-7-5-4-6-8-13/h4-8,14-15H,9-12H2,1-3H3,(H2,20,22). The van der Waals surface area contributed by atoms with Gasteiger partial charge in [0, 0.05) is 24.1 Å². The zero-order chi connectivity index (χ0) is 18.6. The molecule has 1 aromatic carbocycles. The number of carbonyl (C=O) groups excluding carboxylic acids is 3. The fraction of sp³-hybridized carbons (Fsp3) is 0.526. The maximum atomic E-state index is 12.4. The smallest absolute Gasteiger partial charge is 0.310 e. The molecule has 1 saturated heterocycles. The average Bonchev–Trinajstić information content (AvgIpc) is 2.58. The molecule has 1 aliphatic heterocycles. The zero-order valence-corrected chi connectivity index (χ0v) is 15.0. The number of carbonyl (C=O) groups is 3. The minimum absolute atomic E-state index is 0.0821. The Labute approximate surface area is 148 Å². The highest BCUT2D eigenvalue weighted by Gasteiger charge is 2.34. The maximum absolute atomic E-state index is 12.4. The van der Waals surface area contributed by atoms with Gasteiger partial charge in [-0.2, -0.15) is 0 Å². The van der Waals surface area contributed by atoms with E-state index >= 15 is 0 Å². The van der Waals surface area contributed by atoms with Gasteiger partial charge in [-0.1, -0.05) is 51.1 Å². The number of nitrogens with zero attached hydrogens (tertiary/aromatic N) is 1. The van der Waals surface area contributed by atoms with E-state index in [1.165, 1.54) is 0 Å². The quantitative estimate of drug-likeness (QED) is 0.845. The van der Waals surface area contributed by atoms with Gasteiger partial charge in [-0.3, -0.25) is 14.4 Å². The summed E-state index contributed by atoms with van der Waals surface area (Å²) in [7, 11) is 0. The van der Waals surface area contributed by atoms with Gasteiger partial charge >= 0.3 is 5.97 Å². The number of likely N-dealkylation sites (tertiary alicyclic amines) is 1. The summed E-state index contributed by atoms with van der Waals surface area (Å²) in [5.74, 6) is -1.37. The van der Waals surface area contributed by atoms with Gasteiger partial charge in [-0.15, -0.1) is 0 Å². The Morgan fingerprint density at radius 2 is 1.68 bits per heavy atom. The normalized spacial score (nSPS) is 17.0. The van der Waals surface area contributed by atoms with E-state index in [9.17, 15) is 14.4 Å². The molecule has 1 atom stereocenters. The molecule has 0 aromatic heterocycles. The summed E-state index contributed by atoms with van der Waals surface area (Å²) in [6, 6.07) is 8.73. The van der Waals surface area contributed by atoms with Crippen LogP contribution in [0.4, 0.5) is 0 Å². The lowest BCUT2D eigenvalue weighted by Gasteiger charge is -2.35. The number of amides is 2. The van der Waals surface area contributed by atoms with Crippen LogP contribution in [0.3, 0.4) is 0 Å². The van der Waals surface area contributed by atoms with Crippen molar-refractivity contribution in [3.05, 3.63) is 35.9 Å². The van der Waals surface area contributed by atoms with Gasteiger partial charge in [0.05, 0.1) is 5.92 Å². The van der Waals surface area contributed by atoms with Gasteiger partial charge in [-0.05, 0) is 12.8 Å². The molecule has 2 amide bonds. The van der Waals surface area contributed by atoms with E-state index in [0.29, 0.717) is 31.5 Å². The van der Waals surface area contributed by atoms with Crippen molar-refractivity contribution in [2.45, 2.75) is 39.7 Å². The summed E-state index contributed by atoms with van der Waals surface area (Å²) in [5.41, 5.74) is 5.51. The molecule has 1 unspecified atom stereocenters. The Morgan fingerprint density at radius 1 is 1.12 bits per heavy atom. The van der Waals surface area contributed by atoms with Crippen LogP contribution in [0.5, 0.6) is 0 Å². The molecule has 6 nitrogen and oxygen atoms in total. The second-order valence-electron chi connectivity index (χ2n) is 7.45. The first-order valence-corrected chi connectivity index (χ1v) is 8.54. The van der Waals surface area contributed by atoms with Crippen molar-refractivity contribution in [3.8, 4) is 0 Å². The number of primary amides is 1. The van der Waals surface area contributed by atoms with Crippen molar-refractivity contribution in [1.82, 2.24) is 4.90 Å². The van der Waals surface area contributed by atoms with E-state index in [0.717, 1.165) is 0 Å². The first-order valence-electron chi connectivity index (χ1n) is 8.54. The van der Waals surface area contributed by atoms with E-state index in [1.807, 2.05) is 26.8 Å². The summed E-state index contributed by atoms with van der Waals surface area (Å²) in [4.78, 5) is 38.2. The number of hydrogen-bond acceptors (Lipinski definition) is 4. The molecule has 0 spiro atoms. The molecule has 0 aliphatic carbocycles. The van der Waals surface area contributed by atoms with Crippen molar-refractivity contribution in [3.63, 3.8) is 0 Å². The van der Waals surface area contributed by atoms with E-state index in [4.69, 9.17) is 10.5 Å². The number of benzene rings is 1. The van der Waals surface area contributed by atoms with E-state index in [1.54, 1.807) is 29.2 Å². The molecule has 1 heterocycles. The van der Waals surface area contributed by atoms with Gasteiger partial charge in [-0.25, -0.2) is 0 Å². The maximum Gasteiger partial charge on any atom is 0.310 e. The number of ether oxygens (including phenoxy) is 1.